The molecule has 0 spiro atoms. The van der Waals surface area contributed by atoms with Crippen molar-refractivity contribution in [1.29, 1.82) is 0 Å². The molecule has 0 aromatic heterocycles. The molecule has 0 saturated carbocycles. The molecule has 0 bridgehead atoms. The van der Waals surface area contributed by atoms with E-state index in [4.69, 9.17) is 0 Å². The summed E-state index contributed by atoms with van der Waals surface area (Å²) in [5.74, 6) is 0. The first kappa shape index (κ1) is 9.67. The van der Waals surface area contributed by atoms with Crippen LogP contribution in [-0.2, 0) is 10.2 Å². The van der Waals surface area contributed by atoms with Gasteiger partial charge < -0.3 is 0 Å². The fourth-order valence-electron chi connectivity index (χ4n) is 0.809. The van der Waals surface area contributed by atoms with Gasteiger partial charge in [-0.15, -0.1) is 3.89 Å². The Labute approximate surface area is 78.8 Å². The Morgan fingerprint density at radius 2 is 2.00 bits per heavy atom. The highest BCUT2D eigenvalue weighted by atomic mass is 79.9. The minimum atomic E-state index is -4.60. The van der Waals surface area contributed by atoms with Gasteiger partial charge in [0.2, 0.25) is 0 Å². The van der Waals surface area contributed by atoms with Gasteiger partial charge in [0.15, 0.2) is 0 Å². The number of aryl methyl sites for hydroxylation is 1. The molecule has 1 aromatic rings. The zero-order valence-electron chi connectivity index (χ0n) is 6.21. The monoisotopic (exact) mass is 252 g/mol. The molecule has 0 atom stereocenters. The van der Waals surface area contributed by atoms with Crippen LogP contribution < -0.4 is 0 Å². The molecule has 0 amide bonds. The summed E-state index contributed by atoms with van der Waals surface area (Å²) in [4.78, 5) is -0.317. The average molecular weight is 253 g/mol. The Morgan fingerprint density at radius 1 is 1.42 bits per heavy atom. The van der Waals surface area contributed by atoms with Crippen LogP contribution >= 0.6 is 15.9 Å². The first-order valence-electron chi connectivity index (χ1n) is 3.12. The highest BCUT2D eigenvalue weighted by Crippen LogP contribution is 2.26. The van der Waals surface area contributed by atoms with Crippen molar-refractivity contribution in [1.82, 2.24) is 0 Å². The van der Waals surface area contributed by atoms with Gasteiger partial charge in [0.1, 0.15) is 4.90 Å². The molecule has 1 rings (SSSR count). The lowest BCUT2D eigenvalue weighted by atomic mass is 10.2. The Morgan fingerprint density at radius 3 is 2.42 bits per heavy atom. The standard InChI is InChI=1S/C7H6BrFO2S/c1-5-3-2-4-6(7(5)8)12(9,10)11/h2-4H,1H3. The molecule has 0 fully saturated rings. The van der Waals surface area contributed by atoms with Crippen molar-refractivity contribution >= 4 is 26.2 Å². The first-order valence-corrected chi connectivity index (χ1v) is 5.30. The maximum absolute atomic E-state index is 12.5. The third-order valence-electron chi connectivity index (χ3n) is 1.42. The summed E-state index contributed by atoms with van der Waals surface area (Å²) in [7, 11) is -4.60. The molecule has 2 nitrogen and oxygen atoms in total. The topological polar surface area (TPSA) is 34.1 Å². The molecular weight excluding hydrogens is 247 g/mol. The Bertz CT molecular complexity index is 400. The van der Waals surface area contributed by atoms with E-state index in [0.717, 1.165) is 0 Å². The van der Waals surface area contributed by atoms with Gasteiger partial charge in [0, 0.05) is 4.47 Å². The number of rotatable bonds is 1. The van der Waals surface area contributed by atoms with E-state index in [0.29, 0.717) is 5.56 Å². The van der Waals surface area contributed by atoms with Gasteiger partial charge in [0.25, 0.3) is 0 Å². The van der Waals surface area contributed by atoms with Crippen molar-refractivity contribution in [2.24, 2.45) is 0 Å². The number of halogens is 2. The fourth-order valence-corrected chi connectivity index (χ4v) is 2.27. The summed E-state index contributed by atoms with van der Waals surface area (Å²) in [6, 6.07) is 4.40. The van der Waals surface area contributed by atoms with E-state index in [1.807, 2.05) is 0 Å². The van der Waals surface area contributed by atoms with Crippen LogP contribution in [0, 0.1) is 6.92 Å². The van der Waals surface area contributed by atoms with E-state index in [1.54, 1.807) is 13.0 Å². The van der Waals surface area contributed by atoms with Gasteiger partial charge in [-0.25, -0.2) is 0 Å². The highest BCUT2D eigenvalue weighted by molar-refractivity contribution is 9.10. The zero-order chi connectivity index (χ0) is 9.35. The van der Waals surface area contributed by atoms with E-state index >= 15 is 0 Å². The lowest BCUT2D eigenvalue weighted by Crippen LogP contribution is -1.94. The zero-order valence-corrected chi connectivity index (χ0v) is 8.62. The van der Waals surface area contributed by atoms with Crippen molar-refractivity contribution in [2.45, 2.75) is 11.8 Å². The molecule has 0 aliphatic carbocycles. The molecule has 0 saturated heterocycles. The third kappa shape index (κ3) is 1.84. The SMILES string of the molecule is Cc1cccc(S(=O)(=O)F)c1Br. The van der Waals surface area contributed by atoms with Gasteiger partial charge in [-0.05, 0) is 34.5 Å². The number of benzene rings is 1. The Hall–Kier alpha value is -0.420. The quantitative estimate of drug-likeness (QED) is 0.720. The molecule has 5 heteroatoms. The molecule has 0 heterocycles. The molecule has 0 aliphatic heterocycles. The van der Waals surface area contributed by atoms with Crippen molar-refractivity contribution in [3.63, 3.8) is 0 Å². The van der Waals surface area contributed by atoms with E-state index in [1.165, 1.54) is 12.1 Å². The van der Waals surface area contributed by atoms with E-state index in [9.17, 15) is 12.3 Å². The summed E-state index contributed by atoms with van der Waals surface area (Å²) in [5.41, 5.74) is 0.689. The van der Waals surface area contributed by atoms with Crippen LogP contribution in [0.15, 0.2) is 27.6 Å². The predicted molar refractivity (Wildman–Crippen MR) is 47.2 cm³/mol. The smallest absolute Gasteiger partial charge is 0.189 e. The van der Waals surface area contributed by atoms with E-state index in [2.05, 4.69) is 15.9 Å². The lowest BCUT2D eigenvalue weighted by Gasteiger charge is -2.00. The minimum absolute atomic E-state index is 0.285. The summed E-state index contributed by atoms with van der Waals surface area (Å²) < 4.78 is 33.8. The Balaban J connectivity index is 3.47. The van der Waals surface area contributed by atoms with Gasteiger partial charge in [-0.3, -0.25) is 0 Å². The second kappa shape index (κ2) is 3.14. The van der Waals surface area contributed by atoms with E-state index in [-0.39, 0.29) is 9.37 Å². The molecule has 0 aliphatic rings. The number of hydrogen-bond donors (Lipinski definition) is 0. The van der Waals surface area contributed by atoms with Crippen LogP contribution in [0.5, 0.6) is 0 Å². The maximum atomic E-state index is 12.5. The van der Waals surface area contributed by atoms with Crippen molar-refractivity contribution in [3.8, 4) is 0 Å². The van der Waals surface area contributed by atoms with Crippen molar-refractivity contribution in [2.75, 3.05) is 0 Å². The summed E-state index contributed by atoms with van der Waals surface area (Å²) >= 11 is 3.00. The summed E-state index contributed by atoms with van der Waals surface area (Å²) in [5, 5.41) is 0. The minimum Gasteiger partial charge on any atom is -0.189 e. The molecule has 0 unspecified atom stereocenters. The molecule has 66 valence electrons. The fraction of sp³-hybridized carbons (Fsp3) is 0.143. The summed E-state index contributed by atoms with van der Waals surface area (Å²) in [6.07, 6.45) is 0. The van der Waals surface area contributed by atoms with Crippen LogP contribution in [0.25, 0.3) is 0 Å². The first-order chi connectivity index (χ1) is 5.43. The third-order valence-corrected chi connectivity index (χ3v) is 3.60. The van der Waals surface area contributed by atoms with Crippen molar-refractivity contribution in [3.05, 3.63) is 28.2 Å². The van der Waals surface area contributed by atoms with Gasteiger partial charge in [-0.1, -0.05) is 12.1 Å². The predicted octanol–water partition coefficient (Wildman–Crippen LogP) is 2.42. The molecule has 0 N–H and O–H groups in total. The van der Waals surface area contributed by atoms with Gasteiger partial charge >= 0.3 is 10.2 Å². The second-order valence-electron chi connectivity index (χ2n) is 2.32. The highest BCUT2D eigenvalue weighted by Gasteiger charge is 2.16. The van der Waals surface area contributed by atoms with Gasteiger partial charge in [0.05, 0.1) is 0 Å². The normalized spacial score (nSPS) is 11.6. The number of hydrogen-bond acceptors (Lipinski definition) is 2. The Kier molecular flexibility index (Phi) is 2.53. The second-order valence-corrected chi connectivity index (χ2v) is 4.43. The van der Waals surface area contributed by atoms with Crippen LogP contribution in [-0.4, -0.2) is 8.42 Å². The maximum Gasteiger partial charge on any atom is 0.333 e. The van der Waals surface area contributed by atoms with Crippen LogP contribution in [0.3, 0.4) is 0 Å². The van der Waals surface area contributed by atoms with Crippen molar-refractivity contribution < 1.29 is 12.3 Å². The van der Waals surface area contributed by atoms with Gasteiger partial charge in [-0.2, -0.15) is 8.42 Å². The van der Waals surface area contributed by atoms with Crippen LogP contribution in [0.4, 0.5) is 3.89 Å². The molecule has 1 aromatic carbocycles. The molecule has 0 radical (unpaired) electrons. The molecular formula is C7H6BrFO2S. The largest absolute Gasteiger partial charge is 0.333 e. The van der Waals surface area contributed by atoms with Crippen LogP contribution in [0.1, 0.15) is 5.56 Å². The van der Waals surface area contributed by atoms with Crippen LogP contribution in [0.2, 0.25) is 0 Å². The lowest BCUT2D eigenvalue weighted by molar-refractivity contribution is 0.551. The average Bonchev–Trinajstić information content (AvgIpc) is 1.92. The molecule has 12 heavy (non-hydrogen) atoms. The van der Waals surface area contributed by atoms with E-state index < -0.39 is 10.2 Å². The summed E-state index contributed by atoms with van der Waals surface area (Å²) in [6.45, 7) is 1.69.